The summed E-state index contributed by atoms with van der Waals surface area (Å²) in [7, 11) is 0. The van der Waals surface area contributed by atoms with Crippen LogP contribution in [0.2, 0.25) is 0 Å². The summed E-state index contributed by atoms with van der Waals surface area (Å²) in [6.45, 7) is 5.17. The molecule has 0 saturated heterocycles. The van der Waals surface area contributed by atoms with E-state index in [1.165, 1.54) is 0 Å². The zero-order valence-electron chi connectivity index (χ0n) is 13.7. The average Bonchev–Trinajstić information content (AvgIpc) is 2.58. The Morgan fingerprint density at radius 3 is 2.22 bits per heavy atom. The smallest absolute Gasteiger partial charge is 0.332 e. The van der Waals surface area contributed by atoms with E-state index in [0.717, 1.165) is 0 Å². The molecule has 0 aliphatic rings. The molecule has 0 aliphatic heterocycles. The highest BCUT2D eigenvalue weighted by molar-refractivity contribution is 5.85. The molecule has 0 unspecified atom stereocenters. The average molecular weight is 321 g/mol. The van der Waals surface area contributed by atoms with Crippen LogP contribution in [-0.4, -0.2) is 30.5 Å². The number of amides is 1. The lowest BCUT2D eigenvalue weighted by Crippen LogP contribution is -2.47. The van der Waals surface area contributed by atoms with Gasteiger partial charge in [-0.1, -0.05) is 44.2 Å². The Bertz CT molecular complexity index is 529. The Labute approximate surface area is 136 Å². The van der Waals surface area contributed by atoms with E-state index in [1.54, 1.807) is 45.0 Å². The van der Waals surface area contributed by atoms with E-state index in [4.69, 9.17) is 9.47 Å². The summed E-state index contributed by atoms with van der Waals surface area (Å²) in [6.07, 6.45) is -0.557. The number of nitrogens with one attached hydrogen (secondary N) is 1. The molecule has 1 aromatic carbocycles. The van der Waals surface area contributed by atoms with E-state index in [1.807, 2.05) is 6.07 Å². The van der Waals surface area contributed by atoms with Crippen LogP contribution in [0.1, 0.15) is 45.3 Å². The fourth-order valence-corrected chi connectivity index (χ4v) is 1.96. The molecule has 0 fully saturated rings. The number of hydrogen-bond donors (Lipinski definition) is 1. The highest BCUT2D eigenvalue weighted by Gasteiger charge is 2.34. The van der Waals surface area contributed by atoms with Crippen LogP contribution >= 0.6 is 0 Å². The molecule has 0 aromatic heterocycles. The first-order valence-corrected chi connectivity index (χ1v) is 7.73. The van der Waals surface area contributed by atoms with Gasteiger partial charge in [-0.15, -0.1) is 0 Å². The van der Waals surface area contributed by atoms with Crippen LogP contribution < -0.4 is 5.32 Å². The molecule has 126 valence electrons. The van der Waals surface area contributed by atoms with Gasteiger partial charge in [0.15, 0.2) is 12.1 Å². The van der Waals surface area contributed by atoms with Crippen LogP contribution in [0.15, 0.2) is 30.3 Å². The number of benzene rings is 1. The van der Waals surface area contributed by atoms with Gasteiger partial charge in [0.05, 0.1) is 6.61 Å². The first-order chi connectivity index (χ1) is 11.0. The number of carbonyl (C=O) groups is 3. The zero-order valence-corrected chi connectivity index (χ0v) is 13.7. The molecule has 2 atom stereocenters. The Morgan fingerprint density at radius 1 is 1.04 bits per heavy atom. The largest absolute Gasteiger partial charge is 0.464 e. The van der Waals surface area contributed by atoms with Crippen LogP contribution in [-0.2, 0) is 23.9 Å². The molecule has 1 rings (SSSR count). The molecule has 23 heavy (non-hydrogen) atoms. The van der Waals surface area contributed by atoms with Crippen molar-refractivity contribution in [3.05, 3.63) is 35.9 Å². The van der Waals surface area contributed by atoms with Gasteiger partial charge in [0.25, 0.3) is 0 Å². The molecule has 6 nitrogen and oxygen atoms in total. The number of carbonyl (C=O) groups excluding carboxylic acids is 3. The molecular formula is C17H23NO5. The second-order valence-electron chi connectivity index (χ2n) is 4.83. The van der Waals surface area contributed by atoms with Gasteiger partial charge in [0, 0.05) is 12.8 Å². The Balaban J connectivity index is 3.16. The Morgan fingerprint density at radius 2 is 1.70 bits per heavy atom. The maximum Gasteiger partial charge on any atom is 0.332 e. The summed E-state index contributed by atoms with van der Waals surface area (Å²) in [5, 5.41) is 2.59. The topological polar surface area (TPSA) is 81.7 Å². The molecule has 0 heterocycles. The van der Waals surface area contributed by atoms with Crippen molar-refractivity contribution in [1.82, 2.24) is 5.32 Å². The molecule has 0 radical (unpaired) electrons. The van der Waals surface area contributed by atoms with Gasteiger partial charge in [-0.05, 0) is 12.5 Å². The fraction of sp³-hybridized carbons (Fsp3) is 0.471. The van der Waals surface area contributed by atoms with Crippen LogP contribution in [0.25, 0.3) is 0 Å². The summed E-state index contributed by atoms with van der Waals surface area (Å²) in [5.74, 6) is -1.41. The fourth-order valence-electron chi connectivity index (χ4n) is 1.96. The van der Waals surface area contributed by atoms with E-state index in [0.29, 0.717) is 5.56 Å². The third-order valence-corrected chi connectivity index (χ3v) is 3.16. The van der Waals surface area contributed by atoms with Gasteiger partial charge >= 0.3 is 11.9 Å². The van der Waals surface area contributed by atoms with Gasteiger partial charge in [0.1, 0.15) is 0 Å². The lowest BCUT2D eigenvalue weighted by Gasteiger charge is -2.26. The molecule has 0 spiro atoms. The van der Waals surface area contributed by atoms with Crippen LogP contribution in [0.5, 0.6) is 0 Å². The maximum atomic E-state index is 12.3. The summed E-state index contributed by atoms with van der Waals surface area (Å²) in [6, 6.07) is 7.74. The molecular weight excluding hydrogens is 298 g/mol. The molecule has 6 heteroatoms. The molecule has 0 aliphatic carbocycles. The first kappa shape index (κ1) is 18.7. The van der Waals surface area contributed by atoms with E-state index in [2.05, 4.69) is 5.32 Å². The van der Waals surface area contributed by atoms with E-state index in [-0.39, 0.29) is 25.4 Å². The first-order valence-electron chi connectivity index (χ1n) is 7.73. The summed E-state index contributed by atoms with van der Waals surface area (Å²) in [5.41, 5.74) is 0.615. The molecule has 0 saturated carbocycles. The molecule has 1 N–H and O–H groups in total. The summed E-state index contributed by atoms with van der Waals surface area (Å²) < 4.78 is 10.4. The van der Waals surface area contributed by atoms with Crippen LogP contribution in [0, 0.1) is 0 Å². The Kier molecular flexibility index (Phi) is 7.80. The molecule has 1 aromatic rings. The highest BCUT2D eigenvalue weighted by Crippen LogP contribution is 2.23. The second kappa shape index (κ2) is 9.61. The van der Waals surface area contributed by atoms with Crippen molar-refractivity contribution >= 4 is 17.8 Å². The van der Waals surface area contributed by atoms with Gasteiger partial charge in [0.2, 0.25) is 5.91 Å². The van der Waals surface area contributed by atoms with E-state index in [9.17, 15) is 14.4 Å². The van der Waals surface area contributed by atoms with Crippen molar-refractivity contribution in [3.63, 3.8) is 0 Å². The lowest BCUT2D eigenvalue weighted by atomic mass is 10.0. The van der Waals surface area contributed by atoms with Crippen LogP contribution in [0.4, 0.5) is 0 Å². The minimum absolute atomic E-state index is 0.167. The van der Waals surface area contributed by atoms with Gasteiger partial charge in [-0.2, -0.15) is 0 Å². The van der Waals surface area contributed by atoms with Crippen molar-refractivity contribution in [2.45, 2.75) is 45.8 Å². The SMILES string of the molecule is CCOC(=O)[C@@H](NC(=O)CC)[C@H](OC(=O)CC)c1ccccc1. The zero-order chi connectivity index (χ0) is 17.2. The van der Waals surface area contributed by atoms with Crippen molar-refractivity contribution in [2.24, 2.45) is 0 Å². The van der Waals surface area contributed by atoms with Gasteiger partial charge in [-0.3, -0.25) is 9.59 Å². The second-order valence-corrected chi connectivity index (χ2v) is 4.83. The third-order valence-electron chi connectivity index (χ3n) is 3.16. The number of hydrogen-bond acceptors (Lipinski definition) is 5. The quantitative estimate of drug-likeness (QED) is 0.742. The lowest BCUT2D eigenvalue weighted by molar-refractivity contribution is -0.160. The van der Waals surface area contributed by atoms with Crippen molar-refractivity contribution in [2.75, 3.05) is 6.61 Å². The predicted octanol–water partition coefficient (Wildman–Crippen LogP) is 2.14. The van der Waals surface area contributed by atoms with Gasteiger partial charge in [-0.25, -0.2) is 4.79 Å². The highest BCUT2D eigenvalue weighted by atomic mass is 16.6. The summed E-state index contributed by atoms with van der Waals surface area (Å²) in [4.78, 5) is 35.8. The molecule has 1 amide bonds. The third kappa shape index (κ3) is 5.73. The number of ether oxygens (including phenoxy) is 2. The minimum Gasteiger partial charge on any atom is -0.464 e. The van der Waals surface area contributed by atoms with Crippen molar-refractivity contribution < 1.29 is 23.9 Å². The minimum atomic E-state index is -1.08. The normalized spacial score (nSPS) is 12.8. The molecule has 0 bridgehead atoms. The van der Waals surface area contributed by atoms with E-state index >= 15 is 0 Å². The predicted molar refractivity (Wildman–Crippen MR) is 84.4 cm³/mol. The monoisotopic (exact) mass is 321 g/mol. The standard InChI is InChI=1S/C17H23NO5/c1-4-13(19)18-15(17(21)22-6-3)16(23-14(20)5-2)12-10-8-7-9-11-12/h7-11,15-16H,4-6H2,1-3H3,(H,18,19)/t15-,16+/m0/s1. The van der Waals surface area contributed by atoms with E-state index < -0.39 is 24.1 Å². The maximum absolute atomic E-state index is 12.3. The Hall–Kier alpha value is -2.37. The van der Waals surface area contributed by atoms with Crippen molar-refractivity contribution in [1.29, 1.82) is 0 Å². The number of rotatable bonds is 8. The van der Waals surface area contributed by atoms with Crippen molar-refractivity contribution in [3.8, 4) is 0 Å². The van der Waals surface area contributed by atoms with Crippen LogP contribution in [0.3, 0.4) is 0 Å². The number of esters is 2. The van der Waals surface area contributed by atoms with Gasteiger partial charge < -0.3 is 14.8 Å². The summed E-state index contributed by atoms with van der Waals surface area (Å²) >= 11 is 0.